The molecule has 2 aromatic heterocycles. The van der Waals surface area contributed by atoms with E-state index < -0.39 is 0 Å². The van der Waals surface area contributed by atoms with Gasteiger partial charge in [0.05, 0.1) is 12.1 Å². The van der Waals surface area contributed by atoms with Crippen molar-refractivity contribution >= 4 is 23.1 Å². The molecule has 1 N–H and O–H groups in total. The van der Waals surface area contributed by atoms with Crippen LogP contribution in [0.25, 0.3) is 0 Å². The standard InChI is InChI=1S/C17H21N3OS/c1-13-4-2-8-20(12-13)16-7-6-14(10-18-16)17(21)19-11-15-5-3-9-22-15/h3,5-7,9-10,13H,2,4,8,11-12H2,1H3,(H,19,21)/t13-/m1/s1. The minimum absolute atomic E-state index is 0.0699. The average Bonchev–Trinajstić information content (AvgIpc) is 3.06. The van der Waals surface area contributed by atoms with Crippen LogP contribution in [0.15, 0.2) is 35.8 Å². The molecule has 116 valence electrons. The van der Waals surface area contributed by atoms with Gasteiger partial charge in [0.1, 0.15) is 5.82 Å². The normalized spacial score (nSPS) is 18.2. The molecule has 0 radical (unpaired) electrons. The number of nitrogens with zero attached hydrogens (tertiary/aromatic N) is 2. The number of pyridine rings is 1. The maximum Gasteiger partial charge on any atom is 0.253 e. The molecule has 1 aliphatic heterocycles. The van der Waals surface area contributed by atoms with Crippen molar-refractivity contribution in [3.8, 4) is 0 Å². The number of hydrogen-bond donors (Lipinski definition) is 1. The third-order valence-corrected chi connectivity index (χ3v) is 4.87. The van der Waals surface area contributed by atoms with Crippen molar-refractivity contribution in [2.75, 3.05) is 18.0 Å². The van der Waals surface area contributed by atoms with Gasteiger partial charge in [-0.05, 0) is 42.3 Å². The molecule has 0 aliphatic carbocycles. The molecule has 22 heavy (non-hydrogen) atoms. The van der Waals surface area contributed by atoms with Gasteiger partial charge in [-0.1, -0.05) is 13.0 Å². The van der Waals surface area contributed by atoms with Crippen LogP contribution < -0.4 is 10.2 Å². The summed E-state index contributed by atoms with van der Waals surface area (Å²) in [4.78, 5) is 20.1. The molecule has 1 fully saturated rings. The minimum Gasteiger partial charge on any atom is -0.356 e. The first-order chi connectivity index (χ1) is 10.7. The van der Waals surface area contributed by atoms with Crippen LogP contribution >= 0.6 is 11.3 Å². The van der Waals surface area contributed by atoms with Gasteiger partial charge in [-0.2, -0.15) is 0 Å². The predicted molar refractivity (Wildman–Crippen MR) is 90.3 cm³/mol. The molecule has 1 amide bonds. The molecular formula is C17H21N3OS. The Bertz CT molecular complexity index is 609. The predicted octanol–water partition coefficient (Wildman–Crippen LogP) is 3.31. The maximum atomic E-state index is 12.1. The molecular weight excluding hydrogens is 294 g/mol. The van der Waals surface area contributed by atoms with Gasteiger partial charge in [-0.3, -0.25) is 4.79 Å². The third kappa shape index (κ3) is 3.65. The number of carbonyl (C=O) groups excluding carboxylic acids is 1. The molecule has 0 unspecified atom stereocenters. The van der Waals surface area contributed by atoms with E-state index in [9.17, 15) is 4.79 Å². The molecule has 0 spiro atoms. The van der Waals surface area contributed by atoms with Gasteiger partial charge < -0.3 is 10.2 Å². The van der Waals surface area contributed by atoms with Crippen LogP contribution in [-0.4, -0.2) is 24.0 Å². The van der Waals surface area contributed by atoms with Gasteiger partial charge in [0.25, 0.3) is 5.91 Å². The summed E-state index contributed by atoms with van der Waals surface area (Å²) >= 11 is 1.64. The average molecular weight is 315 g/mol. The highest BCUT2D eigenvalue weighted by atomic mass is 32.1. The monoisotopic (exact) mass is 315 g/mol. The van der Waals surface area contributed by atoms with Crippen LogP contribution in [0.2, 0.25) is 0 Å². The smallest absolute Gasteiger partial charge is 0.253 e. The number of carbonyl (C=O) groups is 1. The van der Waals surface area contributed by atoms with Gasteiger partial charge in [0, 0.05) is 24.2 Å². The zero-order valence-corrected chi connectivity index (χ0v) is 13.6. The number of anilines is 1. The summed E-state index contributed by atoms with van der Waals surface area (Å²) in [5, 5.41) is 4.94. The van der Waals surface area contributed by atoms with Crippen molar-refractivity contribution in [3.63, 3.8) is 0 Å². The summed E-state index contributed by atoms with van der Waals surface area (Å²) in [6, 6.07) is 7.83. The lowest BCUT2D eigenvalue weighted by Gasteiger charge is -2.31. The Kier molecular flexibility index (Phi) is 4.73. The SMILES string of the molecule is C[C@@H]1CCCN(c2ccc(C(=O)NCc3cccs3)cn2)C1. The van der Waals surface area contributed by atoms with E-state index in [0.29, 0.717) is 18.0 Å². The van der Waals surface area contributed by atoms with Crippen molar-refractivity contribution < 1.29 is 4.79 Å². The van der Waals surface area contributed by atoms with Crippen molar-refractivity contribution in [3.05, 3.63) is 46.3 Å². The van der Waals surface area contributed by atoms with Crippen molar-refractivity contribution in [1.29, 1.82) is 0 Å². The summed E-state index contributed by atoms with van der Waals surface area (Å²) < 4.78 is 0. The maximum absolute atomic E-state index is 12.1. The molecule has 1 atom stereocenters. The number of thiophene rings is 1. The second-order valence-corrected chi connectivity index (χ2v) is 6.89. The highest BCUT2D eigenvalue weighted by Crippen LogP contribution is 2.21. The zero-order valence-electron chi connectivity index (χ0n) is 12.8. The summed E-state index contributed by atoms with van der Waals surface area (Å²) in [6.45, 7) is 4.96. The second kappa shape index (κ2) is 6.92. The van der Waals surface area contributed by atoms with Crippen LogP contribution in [0.5, 0.6) is 0 Å². The molecule has 0 bridgehead atoms. The molecule has 0 aromatic carbocycles. The van der Waals surface area contributed by atoms with E-state index in [1.54, 1.807) is 17.5 Å². The van der Waals surface area contributed by atoms with Crippen molar-refractivity contribution in [2.45, 2.75) is 26.3 Å². The summed E-state index contributed by atoms with van der Waals surface area (Å²) in [5.74, 6) is 1.62. The third-order valence-electron chi connectivity index (χ3n) is 3.99. The lowest BCUT2D eigenvalue weighted by atomic mass is 10.0. The molecule has 2 aromatic rings. The highest BCUT2D eigenvalue weighted by molar-refractivity contribution is 7.09. The van der Waals surface area contributed by atoms with Crippen LogP contribution in [-0.2, 0) is 6.54 Å². The first kappa shape index (κ1) is 15.0. The van der Waals surface area contributed by atoms with Crippen molar-refractivity contribution in [2.24, 2.45) is 5.92 Å². The number of piperidine rings is 1. The van der Waals surface area contributed by atoms with E-state index in [4.69, 9.17) is 0 Å². The van der Waals surface area contributed by atoms with Gasteiger partial charge in [-0.25, -0.2) is 4.98 Å². The van der Waals surface area contributed by atoms with Crippen LogP contribution in [0.1, 0.15) is 35.0 Å². The molecule has 4 nitrogen and oxygen atoms in total. The van der Waals surface area contributed by atoms with Crippen LogP contribution in [0.4, 0.5) is 5.82 Å². The summed E-state index contributed by atoms with van der Waals surface area (Å²) in [6.07, 6.45) is 4.18. The van der Waals surface area contributed by atoms with Gasteiger partial charge in [0.2, 0.25) is 0 Å². The number of rotatable bonds is 4. The number of hydrogen-bond acceptors (Lipinski definition) is 4. The van der Waals surface area contributed by atoms with E-state index in [2.05, 4.69) is 22.1 Å². The minimum atomic E-state index is -0.0699. The first-order valence-corrected chi connectivity index (χ1v) is 8.62. The fourth-order valence-corrected chi connectivity index (χ4v) is 3.43. The fraction of sp³-hybridized carbons (Fsp3) is 0.412. The van der Waals surface area contributed by atoms with Gasteiger partial charge >= 0.3 is 0 Å². The van der Waals surface area contributed by atoms with Gasteiger partial charge in [0.15, 0.2) is 0 Å². The Morgan fingerprint density at radius 1 is 1.45 bits per heavy atom. The van der Waals surface area contributed by atoms with E-state index in [1.807, 2.05) is 29.6 Å². The highest BCUT2D eigenvalue weighted by Gasteiger charge is 2.17. The molecule has 5 heteroatoms. The largest absolute Gasteiger partial charge is 0.356 e. The second-order valence-electron chi connectivity index (χ2n) is 5.86. The van der Waals surface area contributed by atoms with Crippen LogP contribution in [0.3, 0.4) is 0 Å². The Labute approximate surface area is 135 Å². The van der Waals surface area contributed by atoms with Crippen LogP contribution in [0, 0.1) is 5.92 Å². The zero-order chi connectivity index (χ0) is 15.4. The number of amides is 1. The fourth-order valence-electron chi connectivity index (χ4n) is 2.79. The lowest BCUT2D eigenvalue weighted by Crippen LogP contribution is -2.34. The van der Waals surface area contributed by atoms with E-state index in [0.717, 1.165) is 23.8 Å². The van der Waals surface area contributed by atoms with E-state index in [-0.39, 0.29) is 5.91 Å². The topological polar surface area (TPSA) is 45.2 Å². The summed E-state index contributed by atoms with van der Waals surface area (Å²) in [7, 11) is 0. The Hall–Kier alpha value is -1.88. The Morgan fingerprint density at radius 2 is 2.36 bits per heavy atom. The Balaban J connectivity index is 1.59. The first-order valence-electron chi connectivity index (χ1n) is 7.74. The van der Waals surface area contributed by atoms with E-state index in [1.165, 1.54) is 12.8 Å². The van der Waals surface area contributed by atoms with E-state index >= 15 is 0 Å². The lowest BCUT2D eigenvalue weighted by molar-refractivity contribution is 0.0951. The quantitative estimate of drug-likeness (QED) is 0.941. The molecule has 1 saturated heterocycles. The summed E-state index contributed by atoms with van der Waals surface area (Å²) in [5.41, 5.74) is 0.616. The molecule has 3 heterocycles. The molecule has 1 aliphatic rings. The number of nitrogens with one attached hydrogen (secondary N) is 1. The van der Waals surface area contributed by atoms with Gasteiger partial charge in [-0.15, -0.1) is 11.3 Å². The molecule has 0 saturated carbocycles. The van der Waals surface area contributed by atoms with Crippen molar-refractivity contribution in [1.82, 2.24) is 10.3 Å². The number of aromatic nitrogens is 1. The Morgan fingerprint density at radius 3 is 3.05 bits per heavy atom. The molecule has 3 rings (SSSR count).